The average molecular weight is 273 g/mol. The molecule has 92 valence electrons. The molecule has 0 saturated carbocycles. The van der Waals surface area contributed by atoms with Crippen LogP contribution in [0.15, 0.2) is 33.2 Å². The topological polar surface area (TPSA) is 84.2 Å². The van der Waals surface area contributed by atoms with Crippen LogP contribution in [0.1, 0.15) is 5.76 Å². The first-order valence-electron chi connectivity index (χ1n) is 4.77. The van der Waals surface area contributed by atoms with Crippen LogP contribution in [0, 0.1) is 0 Å². The lowest BCUT2D eigenvalue weighted by Gasteiger charge is -2.01. The van der Waals surface area contributed by atoms with E-state index in [0.29, 0.717) is 17.4 Å². The zero-order valence-electron chi connectivity index (χ0n) is 9.00. The quantitative estimate of drug-likeness (QED) is 0.856. The second-order valence-corrected chi connectivity index (χ2v) is 5.70. The van der Waals surface area contributed by atoms with Crippen molar-refractivity contribution >= 4 is 26.5 Å². The Balaban J connectivity index is 2.19. The molecule has 0 atom stereocenters. The largest absolute Gasteiger partial charge is 0.446 e. The van der Waals surface area contributed by atoms with E-state index in [0.717, 1.165) is 0 Å². The maximum absolute atomic E-state index is 11.9. The Morgan fingerprint density at radius 2 is 2.29 bits per heavy atom. The van der Waals surface area contributed by atoms with Gasteiger partial charge in [0.2, 0.25) is 5.09 Å². The monoisotopic (exact) mass is 273 g/mol. The predicted molar refractivity (Wildman–Crippen MR) is 64.4 cm³/mol. The van der Waals surface area contributed by atoms with Crippen LogP contribution in [0.2, 0.25) is 0 Å². The summed E-state index contributed by atoms with van der Waals surface area (Å²) in [5.41, 5.74) is 0. The summed E-state index contributed by atoms with van der Waals surface area (Å²) in [6.45, 7) is 0.479. The SMILES string of the molecule is CNCc1ccc(S(=O)(=O)Nc2nccs2)o1. The highest BCUT2D eigenvalue weighted by Gasteiger charge is 2.19. The number of hydrogen-bond donors (Lipinski definition) is 2. The number of aromatic nitrogens is 1. The molecule has 6 nitrogen and oxygen atoms in total. The third-order valence-electron chi connectivity index (χ3n) is 1.91. The second kappa shape index (κ2) is 4.86. The Morgan fingerprint density at radius 1 is 1.47 bits per heavy atom. The smallest absolute Gasteiger partial charge is 0.297 e. The fraction of sp³-hybridized carbons (Fsp3) is 0.222. The Labute approximate surface area is 103 Å². The number of nitrogens with zero attached hydrogens (tertiary/aromatic N) is 1. The Morgan fingerprint density at radius 3 is 2.94 bits per heavy atom. The van der Waals surface area contributed by atoms with Crippen molar-refractivity contribution in [3.8, 4) is 0 Å². The summed E-state index contributed by atoms with van der Waals surface area (Å²) in [4.78, 5) is 3.84. The molecule has 0 aromatic carbocycles. The Kier molecular flexibility index (Phi) is 3.46. The normalized spacial score (nSPS) is 11.6. The predicted octanol–water partition coefficient (Wildman–Crippen LogP) is 1.26. The van der Waals surface area contributed by atoms with Crippen molar-refractivity contribution in [1.82, 2.24) is 10.3 Å². The van der Waals surface area contributed by atoms with Gasteiger partial charge in [0.15, 0.2) is 5.13 Å². The number of anilines is 1. The first-order valence-corrected chi connectivity index (χ1v) is 7.14. The molecule has 0 aliphatic heterocycles. The van der Waals surface area contributed by atoms with Gasteiger partial charge in [-0.25, -0.2) is 4.98 Å². The average Bonchev–Trinajstić information content (AvgIpc) is 2.88. The van der Waals surface area contributed by atoms with E-state index in [4.69, 9.17) is 4.42 Å². The van der Waals surface area contributed by atoms with Crippen LogP contribution in [-0.2, 0) is 16.6 Å². The van der Waals surface area contributed by atoms with Gasteiger partial charge in [-0.3, -0.25) is 4.72 Å². The van der Waals surface area contributed by atoms with Crippen molar-refractivity contribution in [3.63, 3.8) is 0 Å². The molecule has 2 rings (SSSR count). The maximum atomic E-state index is 11.9. The lowest BCUT2D eigenvalue weighted by atomic mass is 10.4. The molecule has 0 amide bonds. The molecule has 0 unspecified atom stereocenters. The van der Waals surface area contributed by atoms with Gasteiger partial charge in [-0.1, -0.05) is 0 Å². The van der Waals surface area contributed by atoms with Gasteiger partial charge < -0.3 is 9.73 Å². The minimum absolute atomic E-state index is 0.113. The number of nitrogens with one attached hydrogen (secondary N) is 2. The summed E-state index contributed by atoms with van der Waals surface area (Å²) < 4.78 is 31.3. The van der Waals surface area contributed by atoms with Crippen molar-refractivity contribution in [1.29, 1.82) is 0 Å². The molecule has 0 radical (unpaired) electrons. The van der Waals surface area contributed by atoms with Gasteiger partial charge in [-0.15, -0.1) is 11.3 Å². The fourth-order valence-electron chi connectivity index (χ4n) is 1.21. The van der Waals surface area contributed by atoms with Crippen LogP contribution in [-0.4, -0.2) is 20.4 Å². The maximum Gasteiger partial charge on any atom is 0.297 e. The minimum Gasteiger partial charge on any atom is -0.446 e. The highest BCUT2D eigenvalue weighted by atomic mass is 32.2. The molecule has 2 aromatic heterocycles. The summed E-state index contributed by atoms with van der Waals surface area (Å²) in [6.07, 6.45) is 1.52. The first kappa shape index (κ1) is 12.1. The van der Waals surface area contributed by atoms with Crippen LogP contribution < -0.4 is 10.0 Å². The van der Waals surface area contributed by atoms with Crippen LogP contribution >= 0.6 is 11.3 Å². The van der Waals surface area contributed by atoms with Gasteiger partial charge in [-0.2, -0.15) is 8.42 Å². The molecule has 0 aliphatic rings. The van der Waals surface area contributed by atoms with Crippen molar-refractivity contribution in [2.24, 2.45) is 0 Å². The number of rotatable bonds is 5. The third kappa shape index (κ3) is 2.84. The van der Waals surface area contributed by atoms with Crippen molar-refractivity contribution < 1.29 is 12.8 Å². The highest BCUT2D eigenvalue weighted by molar-refractivity contribution is 7.92. The summed E-state index contributed by atoms with van der Waals surface area (Å²) in [6, 6.07) is 3.04. The molecule has 0 saturated heterocycles. The molecule has 8 heteroatoms. The molecule has 0 fully saturated rings. The van der Waals surface area contributed by atoms with Crippen molar-refractivity contribution in [3.05, 3.63) is 29.5 Å². The van der Waals surface area contributed by atoms with E-state index >= 15 is 0 Å². The van der Waals surface area contributed by atoms with E-state index in [1.807, 2.05) is 0 Å². The Hall–Kier alpha value is -1.38. The van der Waals surface area contributed by atoms with E-state index in [2.05, 4.69) is 15.0 Å². The molecule has 0 spiro atoms. The van der Waals surface area contributed by atoms with E-state index < -0.39 is 10.0 Å². The zero-order valence-corrected chi connectivity index (χ0v) is 10.6. The van der Waals surface area contributed by atoms with Crippen molar-refractivity contribution in [2.45, 2.75) is 11.6 Å². The number of sulfonamides is 1. The van der Waals surface area contributed by atoms with Gasteiger partial charge in [-0.05, 0) is 19.2 Å². The van der Waals surface area contributed by atoms with Gasteiger partial charge in [0, 0.05) is 11.6 Å². The summed E-state index contributed by atoms with van der Waals surface area (Å²) in [5, 5.41) is 4.77. The standard InChI is InChI=1S/C9H11N3O3S2/c1-10-6-7-2-3-8(15-7)17(13,14)12-9-11-4-5-16-9/h2-5,10H,6H2,1H3,(H,11,12). The van der Waals surface area contributed by atoms with Gasteiger partial charge in [0.1, 0.15) is 5.76 Å². The van der Waals surface area contributed by atoms with Crippen LogP contribution in [0.5, 0.6) is 0 Å². The molecule has 2 heterocycles. The molecule has 0 aliphatic carbocycles. The zero-order chi connectivity index (χ0) is 12.3. The van der Waals surface area contributed by atoms with E-state index in [1.54, 1.807) is 18.5 Å². The van der Waals surface area contributed by atoms with Crippen molar-refractivity contribution in [2.75, 3.05) is 11.8 Å². The van der Waals surface area contributed by atoms with E-state index in [1.165, 1.54) is 23.6 Å². The number of hydrogen-bond acceptors (Lipinski definition) is 6. The number of thiazole rings is 1. The molecule has 2 aromatic rings. The molecule has 2 N–H and O–H groups in total. The summed E-state index contributed by atoms with van der Waals surface area (Å²) in [7, 11) is -1.92. The fourth-order valence-corrected chi connectivity index (χ4v) is 2.95. The highest BCUT2D eigenvalue weighted by Crippen LogP contribution is 2.19. The minimum atomic E-state index is -3.68. The van der Waals surface area contributed by atoms with Gasteiger partial charge >= 0.3 is 0 Å². The number of furan rings is 1. The molecular formula is C9H11N3O3S2. The lowest BCUT2D eigenvalue weighted by molar-refractivity contribution is 0.408. The van der Waals surface area contributed by atoms with E-state index in [-0.39, 0.29) is 5.09 Å². The van der Waals surface area contributed by atoms with Crippen LogP contribution in [0.25, 0.3) is 0 Å². The molecule has 0 bridgehead atoms. The lowest BCUT2D eigenvalue weighted by Crippen LogP contribution is -2.12. The third-order valence-corrected chi connectivity index (χ3v) is 3.94. The summed E-state index contributed by atoms with van der Waals surface area (Å²) >= 11 is 1.21. The molecule has 17 heavy (non-hydrogen) atoms. The van der Waals surface area contributed by atoms with Gasteiger partial charge in [0.25, 0.3) is 10.0 Å². The molecular weight excluding hydrogens is 262 g/mol. The van der Waals surface area contributed by atoms with Crippen LogP contribution in [0.3, 0.4) is 0 Å². The second-order valence-electron chi connectivity index (χ2n) is 3.19. The first-order chi connectivity index (χ1) is 8.12. The van der Waals surface area contributed by atoms with Crippen LogP contribution in [0.4, 0.5) is 5.13 Å². The van der Waals surface area contributed by atoms with Gasteiger partial charge in [0.05, 0.1) is 6.54 Å². The Bertz CT molecular complexity index is 574. The van der Waals surface area contributed by atoms with E-state index in [9.17, 15) is 8.42 Å². The summed E-state index contributed by atoms with van der Waals surface area (Å²) in [5.74, 6) is 0.562.